The molecule has 2 aliphatic heterocycles. The molecule has 1 N–H and O–H groups in total. The van der Waals surface area contributed by atoms with E-state index < -0.39 is 27.3 Å². The van der Waals surface area contributed by atoms with Gasteiger partial charge in [0.25, 0.3) is 5.91 Å². The minimum atomic E-state index is -3.70. The largest absolute Gasteiger partial charge is 0.490 e. The molecule has 2 bridgehead atoms. The molecule has 11 heteroatoms. The minimum absolute atomic E-state index is 0.0946. The minimum Gasteiger partial charge on any atom is -0.490 e. The van der Waals surface area contributed by atoms with Gasteiger partial charge in [0.05, 0.1) is 29.9 Å². The van der Waals surface area contributed by atoms with Gasteiger partial charge in [-0.3, -0.25) is 14.3 Å². The van der Waals surface area contributed by atoms with Crippen LogP contribution in [0.25, 0.3) is 0 Å². The van der Waals surface area contributed by atoms with E-state index in [4.69, 9.17) is 25.8 Å². The second-order valence-corrected chi connectivity index (χ2v) is 15.6. The maximum Gasteiger partial charge on any atom is 0.287 e. The van der Waals surface area contributed by atoms with E-state index in [-0.39, 0.29) is 23.0 Å². The molecule has 0 radical (unpaired) electrons. The molecule has 9 nitrogen and oxygen atoms in total. The molecular formula is C34H42ClN3O6S. The van der Waals surface area contributed by atoms with Gasteiger partial charge >= 0.3 is 0 Å². The fourth-order valence-electron chi connectivity index (χ4n) is 7.26. The van der Waals surface area contributed by atoms with Gasteiger partial charge in [-0.1, -0.05) is 29.8 Å². The summed E-state index contributed by atoms with van der Waals surface area (Å²) in [5.41, 5.74) is 1.61. The van der Waals surface area contributed by atoms with E-state index in [1.165, 1.54) is 18.1 Å². The van der Waals surface area contributed by atoms with E-state index in [1.54, 1.807) is 39.2 Å². The normalized spacial score (nSPS) is 31.7. The quantitative estimate of drug-likeness (QED) is 0.419. The van der Waals surface area contributed by atoms with E-state index in [9.17, 15) is 13.8 Å². The molecule has 5 atom stereocenters. The summed E-state index contributed by atoms with van der Waals surface area (Å²) in [7, 11) is -1.97. The maximum absolute atomic E-state index is 14.5. The predicted molar refractivity (Wildman–Crippen MR) is 174 cm³/mol. The zero-order valence-electron chi connectivity index (χ0n) is 26.3. The van der Waals surface area contributed by atoms with Crippen LogP contribution < -0.4 is 14.4 Å². The van der Waals surface area contributed by atoms with Gasteiger partial charge in [0.15, 0.2) is 9.92 Å². The first-order valence-electron chi connectivity index (χ1n) is 15.7. The number of benzene rings is 2. The van der Waals surface area contributed by atoms with Crippen molar-refractivity contribution >= 4 is 39.0 Å². The average molecular weight is 656 g/mol. The molecule has 4 aliphatic rings. The second kappa shape index (κ2) is 12.4. The zero-order valence-corrected chi connectivity index (χ0v) is 27.9. The molecule has 2 aromatic rings. The summed E-state index contributed by atoms with van der Waals surface area (Å²) >= 11 is 6.43. The van der Waals surface area contributed by atoms with Crippen LogP contribution in [0.2, 0.25) is 5.02 Å². The van der Waals surface area contributed by atoms with Gasteiger partial charge in [-0.25, -0.2) is 4.21 Å². The number of nitrogens with zero attached hydrogens (tertiary/aromatic N) is 2. The van der Waals surface area contributed by atoms with Crippen LogP contribution in [0.4, 0.5) is 5.69 Å². The number of carbonyl (C=O) groups is 2. The number of fused-ring (bicyclic) bond motifs is 4. The number of rotatable bonds is 2. The van der Waals surface area contributed by atoms with E-state index in [0.717, 1.165) is 49.4 Å². The molecule has 2 amide bonds. The van der Waals surface area contributed by atoms with Crippen LogP contribution in [0.3, 0.4) is 0 Å². The molecule has 0 unspecified atom stereocenters. The van der Waals surface area contributed by atoms with E-state index in [0.29, 0.717) is 30.7 Å². The Bertz CT molecular complexity index is 1650. The monoisotopic (exact) mass is 655 g/mol. The third kappa shape index (κ3) is 6.26. The lowest BCUT2D eigenvalue weighted by atomic mass is 9.68. The van der Waals surface area contributed by atoms with Crippen molar-refractivity contribution in [2.24, 2.45) is 16.2 Å². The Balaban J connectivity index is 1.51. The van der Waals surface area contributed by atoms with Crippen LogP contribution in [-0.4, -0.2) is 61.1 Å². The first kappa shape index (κ1) is 32.0. The highest BCUT2D eigenvalue weighted by Gasteiger charge is 2.44. The van der Waals surface area contributed by atoms with E-state index in [2.05, 4.69) is 26.1 Å². The highest BCUT2D eigenvalue weighted by molar-refractivity contribution is 7.92. The summed E-state index contributed by atoms with van der Waals surface area (Å²) in [6.45, 7) is 6.49. The Morgan fingerprint density at radius 1 is 1.20 bits per heavy atom. The van der Waals surface area contributed by atoms with Crippen molar-refractivity contribution in [1.82, 2.24) is 4.72 Å². The van der Waals surface area contributed by atoms with Crippen molar-refractivity contribution in [3.8, 4) is 5.75 Å². The number of methoxy groups -OCH3 is 1. The summed E-state index contributed by atoms with van der Waals surface area (Å²) < 4.78 is 39.5. The number of carbonyl (C=O) groups excluding carboxylic acids is 2. The van der Waals surface area contributed by atoms with Crippen LogP contribution in [0.1, 0.15) is 57.6 Å². The van der Waals surface area contributed by atoms with Gasteiger partial charge in [0.1, 0.15) is 11.4 Å². The maximum atomic E-state index is 14.5. The van der Waals surface area contributed by atoms with Crippen molar-refractivity contribution in [2.75, 3.05) is 38.3 Å². The Morgan fingerprint density at radius 3 is 2.76 bits per heavy atom. The lowest BCUT2D eigenvalue weighted by Crippen LogP contribution is -2.49. The fraction of sp³-hybridized carbons (Fsp3) is 0.529. The summed E-state index contributed by atoms with van der Waals surface area (Å²) in [4.78, 5) is 28.3. The summed E-state index contributed by atoms with van der Waals surface area (Å²) in [6, 6.07) is 11.4. The number of ether oxygens (including phenoxy) is 3. The third-order valence-electron chi connectivity index (χ3n) is 9.83. The Labute approximate surface area is 270 Å². The van der Waals surface area contributed by atoms with Crippen LogP contribution in [0, 0.1) is 11.8 Å². The lowest BCUT2D eigenvalue weighted by Gasteiger charge is -2.46. The van der Waals surface area contributed by atoms with Crippen molar-refractivity contribution in [3.63, 3.8) is 0 Å². The number of hydrogen-bond acceptors (Lipinski definition) is 7. The van der Waals surface area contributed by atoms with Crippen LogP contribution in [0.15, 0.2) is 57.8 Å². The van der Waals surface area contributed by atoms with Crippen LogP contribution >= 0.6 is 11.6 Å². The lowest BCUT2D eigenvalue weighted by molar-refractivity contribution is -0.137. The van der Waals surface area contributed by atoms with Crippen molar-refractivity contribution < 1.29 is 28.0 Å². The van der Waals surface area contributed by atoms with Gasteiger partial charge in [-0.05, 0) is 99.2 Å². The standard InChI is InChI=1S/C34H42ClN3O6S/c1-22(39)36-45(41)26-11-14-31-29(18-26)38(20-34(21-43-31)15-5-7-23-17-25(35)10-13-28(23)34)19-24-9-12-27(24)30(42-4)8-6-16-44-33(2,3)32(40)37-45/h6,8,10-11,13-14,17-18,24,27,30H,5,7,9,12,15-16,19-21H2,1-4H3,(H,36,37,39,40,41)/b8-6+/t24-,27+,30-,34-,45-/m0/s1. The molecule has 1 spiro atoms. The van der Waals surface area contributed by atoms with Gasteiger partial charge < -0.3 is 19.1 Å². The molecule has 2 aromatic carbocycles. The molecule has 0 saturated heterocycles. The van der Waals surface area contributed by atoms with Crippen LogP contribution in [0.5, 0.6) is 5.75 Å². The molecule has 0 aromatic heterocycles. The summed E-state index contributed by atoms with van der Waals surface area (Å²) in [6.07, 6.45) is 8.83. The number of aryl methyl sites for hydroxylation is 1. The van der Waals surface area contributed by atoms with Crippen LogP contribution in [-0.2, 0) is 40.8 Å². The number of hydrogen-bond donors (Lipinski definition) is 1. The number of anilines is 1. The summed E-state index contributed by atoms with van der Waals surface area (Å²) in [5.74, 6) is 0.0161. The second-order valence-electron chi connectivity index (χ2n) is 13.3. The van der Waals surface area contributed by atoms with E-state index >= 15 is 0 Å². The fourth-order valence-corrected chi connectivity index (χ4v) is 9.09. The molecular weight excluding hydrogens is 614 g/mol. The van der Waals surface area contributed by atoms with Gasteiger partial charge in [-0.2, -0.15) is 0 Å². The Kier molecular flexibility index (Phi) is 8.80. The highest BCUT2D eigenvalue weighted by Crippen LogP contribution is 2.47. The van der Waals surface area contributed by atoms with E-state index in [1.807, 2.05) is 18.2 Å². The average Bonchev–Trinajstić information content (AvgIpc) is 3.12. The van der Waals surface area contributed by atoms with Gasteiger partial charge in [0, 0.05) is 37.6 Å². The Morgan fingerprint density at radius 2 is 2.02 bits per heavy atom. The number of amides is 2. The topological polar surface area (TPSA) is 107 Å². The van der Waals surface area contributed by atoms with Crippen molar-refractivity contribution in [1.29, 1.82) is 0 Å². The molecule has 45 heavy (non-hydrogen) atoms. The van der Waals surface area contributed by atoms with Gasteiger partial charge in [0.2, 0.25) is 5.91 Å². The first-order chi connectivity index (χ1) is 21.4. The predicted octanol–water partition coefficient (Wildman–Crippen LogP) is 5.62. The number of halogens is 1. The molecule has 242 valence electrons. The SMILES string of the molecule is CO[C@H]1/C=C/COC(C)(C)C(=O)N=[S@@](=O)(NC(C)=O)c2ccc3c(c2)N(C[C@@H]2CC[C@H]21)C[C@@]1(CCCc2cc(Cl)ccc21)CO3. The van der Waals surface area contributed by atoms with Crippen molar-refractivity contribution in [3.05, 3.63) is 64.7 Å². The molecule has 6 rings (SSSR count). The number of nitrogens with one attached hydrogen (secondary N) is 1. The molecule has 2 aliphatic carbocycles. The smallest absolute Gasteiger partial charge is 0.287 e. The van der Waals surface area contributed by atoms with Crippen molar-refractivity contribution in [2.45, 2.75) is 74.9 Å². The molecule has 1 fully saturated rings. The molecule has 2 heterocycles. The summed E-state index contributed by atoms with van der Waals surface area (Å²) in [5, 5.41) is 0.730. The molecule has 1 saturated carbocycles. The van der Waals surface area contributed by atoms with Gasteiger partial charge in [-0.15, -0.1) is 4.36 Å². The Hall–Kier alpha value is -2.92. The first-order valence-corrected chi connectivity index (χ1v) is 17.6. The highest BCUT2D eigenvalue weighted by atomic mass is 35.5. The third-order valence-corrected chi connectivity index (χ3v) is 11.9. The zero-order chi connectivity index (χ0) is 32.0.